The first-order valence-electron chi connectivity index (χ1n) is 24.2. The molecule has 5 heteroatoms. The Morgan fingerprint density at radius 1 is 0.393 bits per heavy atom. The zero-order valence-electron chi connectivity index (χ0n) is 37.4. The van der Waals surface area contributed by atoms with Crippen LogP contribution in [-0.4, -0.2) is 37.9 Å². The molecule has 0 saturated carbocycles. The summed E-state index contributed by atoms with van der Waals surface area (Å²) >= 11 is 0. The molecule has 1 atom stereocenters. The second-order valence-corrected chi connectivity index (χ2v) is 16.0. The molecule has 5 nitrogen and oxygen atoms in total. The molecule has 1 unspecified atom stereocenters. The van der Waals surface area contributed by atoms with E-state index in [1.54, 1.807) is 0 Å². The number of carbonyl (C=O) groups is 2. The lowest BCUT2D eigenvalue weighted by Gasteiger charge is -2.18. The Morgan fingerprint density at radius 3 is 1.29 bits per heavy atom. The van der Waals surface area contributed by atoms with Crippen LogP contribution >= 0.6 is 0 Å². The van der Waals surface area contributed by atoms with Crippen molar-refractivity contribution >= 4 is 11.9 Å². The van der Waals surface area contributed by atoms with E-state index in [0.29, 0.717) is 19.4 Å². The Hall–Kier alpha value is -2.14. The molecule has 326 valence electrons. The van der Waals surface area contributed by atoms with E-state index in [1.807, 2.05) is 0 Å². The van der Waals surface area contributed by atoms with Gasteiger partial charge in [-0.15, -0.1) is 0 Å². The van der Waals surface area contributed by atoms with Crippen LogP contribution in [-0.2, 0) is 23.8 Å². The highest BCUT2D eigenvalue weighted by atomic mass is 16.6. The average molecular weight is 785 g/mol. The summed E-state index contributed by atoms with van der Waals surface area (Å²) in [6.45, 7) is 7.70. The monoisotopic (exact) mass is 785 g/mol. The first-order valence-corrected chi connectivity index (χ1v) is 24.2. The summed E-state index contributed by atoms with van der Waals surface area (Å²) in [5.41, 5.74) is 0. The number of unbranched alkanes of at least 4 members (excludes halogenated alkanes) is 25. The summed E-state index contributed by atoms with van der Waals surface area (Å²) in [6.07, 6.45) is 57.0. The van der Waals surface area contributed by atoms with Crippen LogP contribution in [0.15, 0.2) is 48.6 Å². The highest BCUT2D eigenvalue weighted by molar-refractivity contribution is 5.70. The van der Waals surface area contributed by atoms with Gasteiger partial charge in [0.2, 0.25) is 0 Å². The lowest BCUT2D eigenvalue weighted by atomic mass is 10.1. The van der Waals surface area contributed by atoms with Gasteiger partial charge in [0, 0.05) is 19.4 Å². The Kier molecular flexibility index (Phi) is 45.4. The van der Waals surface area contributed by atoms with E-state index >= 15 is 0 Å². The van der Waals surface area contributed by atoms with Crippen LogP contribution in [0, 0.1) is 0 Å². The predicted molar refractivity (Wildman–Crippen MR) is 242 cm³/mol. The SMILES string of the molecule is CCC/C=C\C/C=C\CCCCCCCC(=O)OCC(COCCCCCCCCCCCC/C=C\C/C=C\CCCCC)OC(=O)CCCCCCCCC. The number of rotatable bonds is 44. The van der Waals surface area contributed by atoms with Crippen LogP contribution in [0.5, 0.6) is 0 Å². The largest absolute Gasteiger partial charge is 0.462 e. The van der Waals surface area contributed by atoms with Gasteiger partial charge < -0.3 is 14.2 Å². The maximum Gasteiger partial charge on any atom is 0.306 e. The normalized spacial score (nSPS) is 12.6. The molecule has 0 fully saturated rings. The molecule has 0 N–H and O–H groups in total. The van der Waals surface area contributed by atoms with Crippen molar-refractivity contribution in [3.05, 3.63) is 48.6 Å². The molecule has 56 heavy (non-hydrogen) atoms. The number of carbonyl (C=O) groups excluding carboxylic acids is 2. The number of esters is 2. The number of ether oxygens (including phenoxy) is 3. The van der Waals surface area contributed by atoms with Crippen molar-refractivity contribution in [1.29, 1.82) is 0 Å². The summed E-state index contributed by atoms with van der Waals surface area (Å²) < 4.78 is 17.3. The topological polar surface area (TPSA) is 61.8 Å². The van der Waals surface area contributed by atoms with Gasteiger partial charge in [-0.1, -0.05) is 198 Å². The lowest BCUT2D eigenvalue weighted by molar-refractivity contribution is -0.163. The molecule has 0 saturated heterocycles. The number of hydrogen-bond donors (Lipinski definition) is 0. The van der Waals surface area contributed by atoms with Crippen molar-refractivity contribution in [3.8, 4) is 0 Å². The summed E-state index contributed by atoms with van der Waals surface area (Å²) in [6, 6.07) is 0. The second-order valence-electron chi connectivity index (χ2n) is 16.0. The van der Waals surface area contributed by atoms with E-state index < -0.39 is 6.10 Å². The molecular formula is C51H92O5. The van der Waals surface area contributed by atoms with Crippen molar-refractivity contribution in [2.75, 3.05) is 19.8 Å². The first-order chi connectivity index (χ1) is 27.6. The van der Waals surface area contributed by atoms with Gasteiger partial charge >= 0.3 is 11.9 Å². The summed E-state index contributed by atoms with van der Waals surface area (Å²) in [5.74, 6) is -0.416. The highest BCUT2D eigenvalue weighted by Crippen LogP contribution is 2.14. The fourth-order valence-electron chi connectivity index (χ4n) is 6.69. The molecule has 0 spiro atoms. The first kappa shape index (κ1) is 53.9. The summed E-state index contributed by atoms with van der Waals surface area (Å²) in [7, 11) is 0. The molecule has 0 aliphatic rings. The smallest absolute Gasteiger partial charge is 0.306 e. The van der Waals surface area contributed by atoms with Gasteiger partial charge in [-0.25, -0.2) is 0 Å². The zero-order valence-corrected chi connectivity index (χ0v) is 37.4. The van der Waals surface area contributed by atoms with Gasteiger partial charge in [0.25, 0.3) is 0 Å². The number of allylic oxidation sites excluding steroid dienone is 8. The van der Waals surface area contributed by atoms with E-state index in [4.69, 9.17) is 14.2 Å². The zero-order chi connectivity index (χ0) is 40.7. The molecule has 0 aromatic rings. The van der Waals surface area contributed by atoms with Gasteiger partial charge in [0.05, 0.1) is 6.61 Å². The third-order valence-corrected chi connectivity index (χ3v) is 10.3. The van der Waals surface area contributed by atoms with Crippen LogP contribution in [0.1, 0.15) is 239 Å². The van der Waals surface area contributed by atoms with Gasteiger partial charge in [0.1, 0.15) is 6.61 Å². The molecular weight excluding hydrogens is 693 g/mol. The Balaban J connectivity index is 4.11. The minimum Gasteiger partial charge on any atom is -0.462 e. The van der Waals surface area contributed by atoms with E-state index in [0.717, 1.165) is 64.2 Å². The van der Waals surface area contributed by atoms with Gasteiger partial charge in [0.15, 0.2) is 6.10 Å². The van der Waals surface area contributed by atoms with Crippen LogP contribution in [0.2, 0.25) is 0 Å². The Morgan fingerprint density at radius 2 is 0.786 bits per heavy atom. The maximum absolute atomic E-state index is 12.6. The van der Waals surface area contributed by atoms with Crippen LogP contribution < -0.4 is 0 Å². The van der Waals surface area contributed by atoms with E-state index in [-0.39, 0.29) is 25.2 Å². The standard InChI is InChI=1S/C51H92O5/c1-4-7-10-13-16-18-20-22-23-24-25-26-27-28-30-32-34-37-40-43-46-54-47-49(56-51(53)45-42-39-35-15-12-9-6-3)48-55-50(52)44-41-38-36-33-31-29-21-19-17-14-11-8-5-2/h11,14,16,18-19,21-23,49H,4-10,12-13,15,17,20,24-48H2,1-3H3/b14-11-,18-16-,21-19-,23-22-. The lowest BCUT2D eigenvalue weighted by Crippen LogP contribution is -2.30. The van der Waals surface area contributed by atoms with E-state index in [1.165, 1.54) is 141 Å². The number of hydrogen-bond acceptors (Lipinski definition) is 5. The van der Waals surface area contributed by atoms with Crippen LogP contribution in [0.4, 0.5) is 0 Å². The van der Waals surface area contributed by atoms with Crippen molar-refractivity contribution in [2.45, 2.75) is 245 Å². The molecule has 0 aromatic heterocycles. The molecule has 0 aromatic carbocycles. The Bertz CT molecular complexity index is 935. The summed E-state index contributed by atoms with van der Waals surface area (Å²) in [4.78, 5) is 25.1. The van der Waals surface area contributed by atoms with E-state index in [2.05, 4.69) is 69.4 Å². The maximum atomic E-state index is 12.6. The van der Waals surface area contributed by atoms with Crippen LogP contribution in [0.25, 0.3) is 0 Å². The fourth-order valence-corrected chi connectivity index (χ4v) is 6.69. The molecule has 0 rings (SSSR count). The molecule has 0 bridgehead atoms. The second kappa shape index (κ2) is 47.2. The third kappa shape index (κ3) is 44.6. The molecule has 0 amide bonds. The highest BCUT2D eigenvalue weighted by Gasteiger charge is 2.17. The summed E-state index contributed by atoms with van der Waals surface area (Å²) in [5, 5.41) is 0. The molecule has 0 heterocycles. The Labute approximate surface area is 348 Å². The minimum absolute atomic E-state index is 0.0785. The van der Waals surface area contributed by atoms with Gasteiger partial charge in [-0.2, -0.15) is 0 Å². The van der Waals surface area contributed by atoms with E-state index in [9.17, 15) is 9.59 Å². The van der Waals surface area contributed by atoms with Crippen molar-refractivity contribution in [2.24, 2.45) is 0 Å². The third-order valence-electron chi connectivity index (χ3n) is 10.3. The fraction of sp³-hybridized carbons (Fsp3) is 0.804. The molecule has 0 radical (unpaired) electrons. The molecule has 0 aliphatic carbocycles. The van der Waals surface area contributed by atoms with Crippen molar-refractivity contribution < 1.29 is 23.8 Å². The molecule has 0 aliphatic heterocycles. The van der Waals surface area contributed by atoms with Gasteiger partial charge in [-0.05, 0) is 77.0 Å². The minimum atomic E-state index is -0.538. The quantitative estimate of drug-likeness (QED) is 0.0350. The van der Waals surface area contributed by atoms with Crippen LogP contribution in [0.3, 0.4) is 0 Å². The predicted octanol–water partition coefficient (Wildman–Crippen LogP) is 16.0. The average Bonchev–Trinajstić information content (AvgIpc) is 3.20. The van der Waals surface area contributed by atoms with Crippen molar-refractivity contribution in [3.63, 3.8) is 0 Å². The van der Waals surface area contributed by atoms with Gasteiger partial charge in [-0.3, -0.25) is 9.59 Å². The van der Waals surface area contributed by atoms with Crippen molar-refractivity contribution in [1.82, 2.24) is 0 Å².